The molecule has 5 atom stereocenters. The first-order valence-corrected chi connectivity index (χ1v) is 33.4. The second-order valence-electron chi connectivity index (χ2n) is 25.8. The molecule has 5 aliphatic heterocycles. The molecule has 5 aromatic heterocycles. The molecule has 15 N–H and O–H groups in total. The highest BCUT2D eigenvalue weighted by atomic mass is 16.5. The predicted octanol–water partition coefficient (Wildman–Crippen LogP) is -6.55. The molecule has 0 aliphatic carbocycles. The number of hydrogen-bond acceptors (Lipinski definition) is 35. The Morgan fingerprint density at radius 3 is 0.640 bits per heavy atom. The second kappa shape index (κ2) is 41.2. The van der Waals surface area contributed by atoms with Crippen LogP contribution in [0.25, 0.3) is 0 Å². The molecule has 0 fully saturated rings. The molecule has 10 rings (SSSR count). The quantitative estimate of drug-likeness (QED) is 0.0433. The van der Waals surface area contributed by atoms with Gasteiger partial charge in [0.1, 0.15) is 60.8 Å². The first-order chi connectivity index (χ1) is 62.5. The van der Waals surface area contributed by atoms with Crippen LogP contribution >= 0.6 is 0 Å². The molecule has 0 saturated carbocycles. The van der Waals surface area contributed by atoms with Crippen molar-refractivity contribution in [3.8, 4) is 0 Å². The largest absolute Gasteiger partial charge is 0.478 e. The lowest BCUT2D eigenvalue weighted by atomic mass is 9.98. The van der Waals surface area contributed by atoms with Gasteiger partial charge in [0.05, 0.1) is 31.6 Å². The number of fused-ring (bicyclic) bond motifs is 5. The van der Waals surface area contributed by atoms with E-state index in [1.807, 2.05) is 0 Å². The SMILES string of the molecule is CC(=O)C(O)(C(=O)O)C(=O)O.CC(=O)C(O)(C(=O)O)C(=O)O.CC(=O)C(O)(C(=O)O)C(=O)O.CC(=O)C(O)(C(=O)O)C(=O)O.CC(=O)C(O)(C(=O)O)C(=O)O.[2H]C([2H])([2H])C1C(=O)c2c(ncn2C)N(C)C1=O.[2H]C([2H])([2H])N1C(=O)C(C)C(=O)c2c1ncn2C.[2H]C([2H])([2H])n1cnc2c1C(=O)C(C)C(=O)N2C.[2H]c1nc2c(n1C)C(=O)C(C)C(=O)N2C.[2H]c1nc2c(n1C)C(=O)C(C)C(=O)N2C([2H])([2H])[2H]. The number of Topliss-reactive ketones (excluding diaryl/α,β-unsaturated/α-hetero) is 10. The molecule has 0 aromatic carbocycles. The van der Waals surface area contributed by atoms with Crippen molar-refractivity contribution >= 4 is 176 Å². The average molecular weight is 1790 g/mol. The number of amides is 5. The summed E-state index contributed by atoms with van der Waals surface area (Å²) in [7, 11) is 10.7. The molecule has 5 unspecified atom stereocenters. The maximum atomic E-state index is 12.0. The highest BCUT2D eigenvalue weighted by Gasteiger charge is 2.54. The summed E-state index contributed by atoms with van der Waals surface area (Å²) in [5.74, 6) is -37.8. The van der Waals surface area contributed by atoms with Gasteiger partial charge in [0.25, 0.3) is 0 Å². The zero-order chi connectivity index (χ0) is 110. The van der Waals surface area contributed by atoms with Crippen molar-refractivity contribution < 1.29 is 216 Å². The normalized spacial score (nSPS) is 18.7. The number of hydrogen-bond donors (Lipinski definition) is 15. The second-order valence-corrected chi connectivity index (χ2v) is 25.8. The predicted molar refractivity (Wildman–Crippen MR) is 405 cm³/mol. The monoisotopic (exact) mass is 1790 g/mol. The van der Waals surface area contributed by atoms with Crippen LogP contribution in [0.4, 0.5) is 29.1 Å². The van der Waals surface area contributed by atoms with E-state index in [9.17, 15) is 120 Å². The maximum Gasteiger partial charge on any atom is 0.355 e. The lowest BCUT2D eigenvalue weighted by Crippen LogP contribution is -2.52. The number of imidazole rings is 5. The number of carboxylic acids is 10. The van der Waals surface area contributed by atoms with Crippen LogP contribution in [0.5, 0.6) is 0 Å². The summed E-state index contributed by atoms with van der Waals surface area (Å²) in [5, 5.41) is 125. The van der Waals surface area contributed by atoms with Gasteiger partial charge in [-0.25, -0.2) is 72.9 Å². The minimum atomic E-state index is -3.31. The van der Waals surface area contributed by atoms with Crippen LogP contribution in [0.1, 0.15) is 141 Å². The molecule has 55 heteroatoms. The highest BCUT2D eigenvalue weighted by molar-refractivity contribution is 6.27. The fraction of sp³-hybridized carbons (Fsp3) is 0.429. The van der Waals surface area contributed by atoms with E-state index < -0.39 is 215 Å². The van der Waals surface area contributed by atoms with Crippen LogP contribution in [-0.2, 0) is 131 Å². The van der Waals surface area contributed by atoms with E-state index in [1.165, 1.54) is 82.6 Å². The van der Waals surface area contributed by atoms with Gasteiger partial charge in [-0.1, -0.05) is 0 Å². The van der Waals surface area contributed by atoms with Crippen molar-refractivity contribution in [1.82, 2.24) is 47.8 Å². The summed E-state index contributed by atoms with van der Waals surface area (Å²) in [4.78, 5) is 295. The molecule has 5 aliphatic rings. The maximum absolute atomic E-state index is 12.0. The minimum Gasteiger partial charge on any atom is -0.478 e. The van der Waals surface area contributed by atoms with Gasteiger partial charge >= 0.3 is 87.7 Å². The van der Waals surface area contributed by atoms with Gasteiger partial charge < -0.3 is 99.4 Å². The summed E-state index contributed by atoms with van der Waals surface area (Å²) < 4.78 is 109. The Bertz CT molecular complexity index is 5470. The number of aryl methyl sites for hydroxylation is 3. The first kappa shape index (κ1) is 84.6. The van der Waals surface area contributed by atoms with Gasteiger partial charge in [-0.3, -0.25) is 96.4 Å². The molecule has 0 bridgehead atoms. The lowest BCUT2D eigenvalue weighted by Gasteiger charge is -2.25. The number of aliphatic hydroxyl groups is 5. The first-order valence-electron chi connectivity index (χ1n) is 40.4. The number of nitrogens with zero attached hydrogens (tertiary/aromatic N) is 15. The van der Waals surface area contributed by atoms with E-state index in [0.29, 0.717) is 50.1 Å². The van der Waals surface area contributed by atoms with Crippen LogP contribution in [-0.4, -0.2) is 335 Å². The fourth-order valence-electron chi connectivity index (χ4n) is 9.48. The van der Waals surface area contributed by atoms with Crippen molar-refractivity contribution in [2.24, 2.45) is 64.8 Å². The third-order valence-corrected chi connectivity index (χ3v) is 17.5. The van der Waals surface area contributed by atoms with Crippen molar-refractivity contribution in [1.29, 1.82) is 0 Å². The lowest BCUT2D eigenvalue weighted by molar-refractivity contribution is -0.180. The Labute approximate surface area is 719 Å². The number of carbonyl (C=O) groups excluding carboxylic acids is 15. The molecule has 125 heavy (non-hydrogen) atoms. The van der Waals surface area contributed by atoms with Gasteiger partial charge in [0.2, 0.25) is 29.5 Å². The molecule has 55 nitrogen and oxygen atoms in total. The topological polar surface area (TPSA) is 836 Å². The zero-order valence-electron chi connectivity index (χ0n) is 81.2. The van der Waals surface area contributed by atoms with Crippen LogP contribution in [0.3, 0.4) is 0 Å². The Morgan fingerprint density at radius 1 is 0.280 bits per heavy atom. The molecule has 0 saturated heterocycles. The van der Waals surface area contributed by atoms with Crippen molar-refractivity contribution in [3.05, 3.63) is 60.1 Å². The summed E-state index contributed by atoms with van der Waals surface area (Å²) in [5.41, 5.74) is -15.9. The number of aliphatic carboxylic acids is 10. The highest BCUT2D eigenvalue weighted by Crippen LogP contribution is 2.32. The number of anilines is 5. The Morgan fingerprint density at radius 2 is 0.448 bits per heavy atom. The van der Waals surface area contributed by atoms with Gasteiger partial charge in [0.15, 0.2) is 86.9 Å². The summed E-state index contributed by atoms with van der Waals surface area (Å²) >= 11 is 0. The fourth-order valence-corrected chi connectivity index (χ4v) is 9.48. The van der Waals surface area contributed by atoms with Crippen LogP contribution in [0.15, 0.2) is 31.6 Å². The van der Waals surface area contributed by atoms with Crippen LogP contribution in [0.2, 0.25) is 0 Å². The Hall–Kier alpha value is -15.4. The molecule has 0 radical (unpaired) electrons. The number of rotatable bonds is 15. The molecule has 10 heterocycles. The third kappa shape index (κ3) is 21.5. The van der Waals surface area contributed by atoms with E-state index >= 15 is 0 Å². The zero-order valence-corrected chi connectivity index (χ0v) is 67.2. The van der Waals surface area contributed by atoms with Gasteiger partial charge in [-0.2, -0.15) is 0 Å². The van der Waals surface area contributed by atoms with E-state index in [1.54, 1.807) is 35.1 Å². The van der Waals surface area contributed by atoms with Crippen molar-refractivity contribution in [2.45, 2.75) is 97.2 Å². The minimum absolute atomic E-state index is 0.0109. The Kier molecular flexibility index (Phi) is 27.9. The number of ketones is 10. The molecule has 5 aromatic rings. The van der Waals surface area contributed by atoms with Gasteiger partial charge in [-0.15, -0.1) is 0 Å². The van der Waals surface area contributed by atoms with Gasteiger partial charge in [0, 0.05) is 86.7 Å². The molecule has 0 spiro atoms. The van der Waals surface area contributed by atoms with Crippen LogP contribution < -0.4 is 24.5 Å². The van der Waals surface area contributed by atoms with Crippen molar-refractivity contribution in [2.75, 3.05) is 59.6 Å². The molecule has 680 valence electrons. The van der Waals surface area contributed by atoms with E-state index in [2.05, 4.69) is 24.9 Å². The number of aromatic nitrogens is 10. The number of carbonyl (C=O) groups is 25. The third-order valence-electron chi connectivity index (χ3n) is 17.5. The van der Waals surface area contributed by atoms with E-state index in [4.69, 9.17) is 95.8 Å². The summed E-state index contributed by atoms with van der Waals surface area (Å²) in [6.07, 6.45) is 3.50. The average Bonchev–Trinajstić information content (AvgIpc) is 1.64. The summed E-state index contributed by atoms with van der Waals surface area (Å²) in [6, 6.07) is 0. The van der Waals surface area contributed by atoms with E-state index in [-0.39, 0.29) is 82.1 Å². The number of carboxylic acid groups (broad SMARTS) is 10. The Balaban J connectivity index is 0.000000778. The molecular weight excluding hydrogens is 1690 g/mol. The van der Waals surface area contributed by atoms with Gasteiger partial charge in [-0.05, 0) is 69.2 Å². The summed E-state index contributed by atoms with van der Waals surface area (Å²) in [6.45, 7) is -1.26. The molecular formula is C70H85N15O40. The van der Waals surface area contributed by atoms with E-state index in [0.717, 1.165) is 15.8 Å². The van der Waals surface area contributed by atoms with Crippen LogP contribution in [0, 0.1) is 29.6 Å². The standard InChI is InChI=1S/5C9H11N3O2.5C5H6O6/c5*1-5-7(13)6-8(10-4-11(6)2)12(3)9(5)14;5*1-2(6)5(11,3(7)8)4(9)10/h5*4-5H,1-3H3;5*11H,1H3,(H,7,8)(H,9,10)/i3D3,4D;4D;3D3;2D3;1D3;;;;;. The molecule has 5 amide bonds. The smallest absolute Gasteiger partial charge is 0.355 e. The van der Waals surface area contributed by atoms with Crippen molar-refractivity contribution in [3.63, 3.8) is 0 Å².